The highest BCUT2D eigenvalue weighted by Gasteiger charge is 2.15. The van der Waals surface area contributed by atoms with E-state index in [1.807, 2.05) is 0 Å². The van der Waals surface area contributed by atoms with Crippen molar-refractivity contribution in [3.63, 3.8) is 0 Å². The predicted octanol–water partition coefficient (Wildman–Crippen LogP) is 0.877. The maximum Gasteiger partial charge on any atom is 0.344 e. The zero-order chi connectivity index (χ0) is 11.5. The molecule has 0 saturated heterocycles. The Morgan fingerprint density at radius 1 is 1.50 bits per heavy atom. The number of carboxylic acids is 1. The molecule has 0 aliphatic heterocycles. The molecule has 6 heteroatoms. The van der Waals surface area contributed by atoms with Crippen LogP contribution < -0.4 is 4.74 Å². The number of fused-ring (bicyclic) bond motifs is 1. The fraction of sp³-hybridized carbons (Fsp3) is 0.200. The number of pyridine rings is 1. The summed E-state index contributed by atoms with van der Waals surface area (Å²) in [5.74, 6) is -0.789. The van der Waals surface area contributed by atoms with Crippen LogP contribution in [0.3, 0.4) is 0 Å². The highest BCUT2D eigenvalue weighted by atomic mass is 16.5. The second-order valence-corrected chi connectivity index (χ2v) is 3.17. The number of hydrogen-bond donors (Lipinski definition) is 1. The van der Waals surface area contributed by atoms with E-state index in [1.165, 1.54) is 13.3 Å². The largest absolute Gasteiger partial charge is 0.479 e. The minimum absolute atomic E-state index is 0.252. The molecule has 1 N–H and O–H groups in total. The summed E-state index contributed by atoms with van der Waals surface area (Å²) in [5.41, 5.74) is 0.616. The van der Waals surface area contributed by atoms with Crippen molar-refractivity contribution in [2.45, 2.75) is 13.0 Å². The van der Waals surface area contributed by atoms with Crippen molar-refractivity contribution in [3.05, 3.63) is 24.8 Å². The summed E-state index contributed by atoms with van der Waals surface area (Å²) < 4.78 is 5.21. The highest BCUT2D eigenvalue weighted by Crippen LogP contribution is 2.20. The van der Waals surface area contributed by atoms with Crippen molar-refractivity contribution >= 4 is 16.9 Å². The summed E-state index contributed by atoms with van der Waals surface area (Å²) >= 11 is 0. The first kappa shape index (κ1) is 10.3. The van der Waals surface area contributed by atoms with Crippen LogP contribution in [0.4, 0.5) is 0 Å². The lowest BCUT2D eigenvalue weighted by Gasteiger charge is -2.10. The first-order valence-electron chi connectivity index (χ1n) is 4.62. The van der Waals surface area contributed by atoms with Gasteiger partial charge in [0.2, 0.25) is 5.88 Å². The summed E-state index contributed by atoms with van der Waals surface area (Å²) in [4.78, 5) is 22.5. The van der Waals surface area contributed by atoms with Gasteiger partial charge in [0.05, 0.1) is 17.1 Å². The average Bonchev–Trinajstić information content (AvgIpc) is 2.29. The van der Waals surface area contributed by atoms with E-state index in [2.05, 4.69) is 15.0 Å². The Balaban J connectivity index is 2.41. The van der Waals surface area contributed by atoms with Gasteiger partial charge in [0.1, 0.15) is 6.33 Å². The molecule has 2 rings (SSSR count). The van der Waals surface area contributed by atoms with Crippen LogP contribution in [0.5, 0.6) is 5.88 Å². The summed E-state index contributed by atoms with van der Waals surface area (Å²) in [6, 6.07) is 1.68. The minimum Gasteiger partial charge on any atom is -0.479 e. The molecule has 0 aliphatic rings. The second-order valence-electron chi connectivity index (χ2n) is 3.17. The lowest BCUT2D eigenvalue weighted by molar-refractivity contribution is -0.144. The van der Waals surface area contributed by atoms with Gasteiger partial charge in [0.25, 0.3) is 0 Å². The number of aliphatic carboxylic acids is 1. The number of carbonyl (C=O) groups is 1. The van der Waals surface area contributed by atoms with Gasteiger partial charge in [-0.25, -0.2) is 14.8 Å². The Bertz CT molecular complexity index is 524. The maximum atomic E-state index is 10.7. The van der Waals surface area contributed by atoms with E-state index in [9.17, 15) is 4.79 Å². The number of rotatable bonds is 3. The fourth-order valence-electron chi connectivity index (χ4n) is 1.19. The maximum absolute atomic E-state index is 10.7. The van der Waals surface area contributed by atoms with Gasteiger partial charge in [-0.15, -0.1) is 0 Å². The molecule has 1 atom stereocenters. The Hall–Kier alpha value is -2.24. The van der Waals surface area contributed by atoms with E-state index in [0.717, 1.165) is 0 Å². The number of hydrogen-bond acceptors (Lipinski definition) is 5. The van der Waals surface area contributed by atoms with Gasteiger partial charge in [-0.3, -0.25) is 4.98 Å². The Labute approximate surface area is 90.9 Å². The van der Waals surface area contributed by atoms with Crippen LogP contribution in [0.25, 0.3) is 10.9 Å². The van der Waals surface area contributed by atoms with E-state index in [0.29, 0.717) is 10.9 Å². The molecule has 0 bridgehead atoms. The van der Waals surface area contributed by atoms with Crippen molar-refractivity contribution in [3.8, 4) is 5.88 Å². The number of nitrogens with zero attached hydrogens (tertiary/aromatic N) is 3. The van der Waals surface area contributed by atoms with Crippen LogP contribution in [0, 0.1) is 0 Å². The fourth-order valence-corrected chi connectivity index (χ4v) is 1.19. The van der Waals surface area contributed by atoms with Gasteiger partial charge in [-0.2, -0.15) is 0 Å². The van der Waals surface area contributed by atoms with Crippen LogP contribution in [0.15, 0.2) is 24.8 Å². The van der Waals surface area contributed by atoms with Gasteiger partial charge >= 0.3 is 5.97 Å². The average molecular weight is 219 g/mol. The Kier molecular flexibility index (Phi) is 2.63. The van der Waals surface area contributed by atoms with E-state index >= 15 is 0 Å². The Morgan fingerprint density at radius 2 is 2.31 bits per heavy atom. The molecule has 6 nitrogen and oxygen atoms in total. The molecule has 0 amide bonds. The van der Waals surface area contributed by atoms with Crippen molar-refractivity contribution in [2.24, 2.45) is 0 Å². The molecule has 0 saturated carbocycles. The molecule has 82 valence electrons. The standard InChI is InChI=1S/C10H9N3O3/c1-6(10(14)15)16-9-7-2-3-11-4-8(7)12-5-13-9/h2-6H,1H3,(H,14,15). The van der Waals surface area contributed by atoms with E-state index < -0.39 is 12.1 Å². The van der Waals surface area contributed by atoms with Gasteiger partial charge in [-0.05, 0) is 13.0 Å². The second kappa shape index (κ2) is 4.09. The highest BCUT2D eigenvalue weighted by molar-refractivity contribution is 5.82. The van der Waals surface area contributed by atoms with Crippen LogP contribution in [0.1, 0.15) is 6.92 Å². The Morgan fingerprint density at radius 3 is 3.06 bits per heavy atom. The quantitative estimate of drug-likeness (QED) is 0.824. The van der Waals surface area contributed by atoms with Crippen molar-refractivity contribution in [1.29, 1.82) is 0 Å². The first-order chi connectivity index (χ1) is 7.68. The monoisotopic (exact) mass is 219 g/mol. The van der Waals surface area contributed by atoms with Crippen molar-refractivity contribution in [1.82, 2.24) is 15.0 Å². The molecule has 2 aromatic rings. The molecule has 0 radical (unpaired) electrons. The zero-order valence-electron chi connectivity index (χ0n) is 8.49. The molecule has 2 heterocycles. The van der Waals surface area contributed by atoms with Gasteiger partial charge < -0.3 is 9.84 Å². The molecule has 2 aromatic heterocycles. The number of carboxylic acid groups (broad SMARTS) is 1. The molecule has 0 fully saturated rings. The van der Waals surface area contributed by atoms with Gasteiger partial charge in [-0.1, -0.05) is 0 Å². The smallest absolute Gasteiger partial charge is 0.344 e. The van der Waals surface area contributed by atoms with Gasteiger partial charge in [0.15, 0.2) is 6.10 Å². The summed E-state index contributed by atoms with van der Waals surface area (Å²) in [6.45, 7) is 1.44. The summed E-state index contributed by atoms with van der Waals surface area (Å²) in [7, 11) is 0. The van der Waals surface area contributed by atoms with Crippen LogP contribution in [0.2, 0.25) is 0 Å². The van der Waals surface area contributed by atoms with Crippen molar-refractivity contribution < 1.29 is 14.6 Å². The third kappa shape index (κ3) is 1.90. The normalized spacial score (nSPS) is 12.3. The lowest BCUT2D eigenvalue weighted by atomic mass is 10.3. The topological polar surface area (TPSA) is 85.2 Å². The molecular formula is C10H9N3O3. The first-order valence-corrected chi connectivity index (χ1v) is 4.62. The summed E-state index contributed by atoms with van der Waals surface area (Å²) in [5, 5.41) is 9.38. The predicted molar refractivity (Wildman–Crippen MR) is 55.1 cm³/mol. The van der Waals surface area contributed by atoms with Crippen LogP contribution in [-0.2, 0) is 4.79 Å². The SMILES string of the molecule is CC(Oc1ncnc2cnccc12)C(=O)O. The molecule has 0 spiro atoms. The molecule has 0 aliphatic carbocycles. The molecule has 1 unspecified atom stereocenters. The van der Waals surface area contributed by atoms with Gasteiger partial charge in [0, 0.05) is 6.20 Å². The number of ether oxygens (including phenoxy) is 1. The minimum atomic E-state index is -1.04. The van der Waals surface area contributed by atoms with Crippen LogP contribution >= 0.6 is 0 Å². The molecule has 16 heavy (non-hydrogen) atoms. The van der Waals surface area contributed by atoms with E-state index in [1.54, 1.807) is 18.5 Å². The lowest BCUT2D eigenvalue weighted by Crippen LogP contribution is -2.23. The summed E-state index contributed by atoms with van der Waals surface area (Å²) in [6.07, 6.45) is 3.50. The van der Waals surface area contributed by atoms with E-state index in [4.69, 9.17) is 9.84 Å². The van der Waals surface area contributed by atoms with E-state index in [-0.39, 0.29) is 5.88 Å². The van der Waals surface area contributed by atoms with Crippen molar-refractivity contribution in [2.75, 3.05) is 0 Å². The zero-order valence-corrected chi connectivity index (χ0v) is 8.49. The van der Waals surface area contributed by atoms with Crippen LogP contribution in [-0.4, -0.2) is 32.1 Å². The molecular weight excluding hydrogens is 210 g/mol. The third-order valence-corrected chi connectivity index (χ3v) is 2.04. The molecule has 0 aromatic carbocycles. The number of aromatic nitrogens is 3. The third-order valence-electron chi connectivity index (χ3n) is 2.04.